The fourth-order valence-corrected chi connectivity index (χ4v) is 1.79. The van der Waals surface area contributed by atoms with Gasteiger partial charge in [0.25, 0.3) is 5.91 Å². The third kappa shape index (κ3) is 2.98. The molecule has 0 atom stereocenters. The fourth-order valence-electron chi connectivity index (χ4n) is 1.54. The van der Waals surface area contributed by atoms with Crippen molar-refractivity contribution < 1.29 is 9.32 Å². The van der Waals surface area contributed by atoms with Crippen LogP contribution in [0.5, 0.6) is 0 Å². The molecule has 8 heteroatoms. The van der Waals surface area contributed by atoms with E-state index in [1.165, 1.54) is 10.9 Å². The summed E-state index contributed by atoms with van der Waals surface area (Å²) in [7, 11) is 1.64. The van der Waals surface area contributed by atoms with Crippen molar-refractivity contribution in [2.24, 2.45) is 7.05 Å². The van der Waals surface area contributed by atoms with E-state index in [4.69, 9.17) is 16.1 Å². The zero-order valence-corrected chi connectivity index (χ0v) is 12.5. The molecule has 0 radical (unpaired) electrons. The van der Waals surface area contributed by atoms with Crippen molar-refractivity contribution in [3.63, 3.8) is 0 Å². The number of aryl methyl sites for hydroxylation is 1. The molecule has 0 aliphatic heterocycles. The van der Waals surface area contributed by atoms with Gasteiger partial charge < -0.3 is 9.84 Å². The van der Waals surface area contributed by atoms with Crippen LogP contribution < -0.4 is 5.32 Å². The number of nitrogens with one attached hydrogen (secondary N) is 1. The zero-order valence-electron chi connectivity index (χ0n) is 11.8. The van der Waals surface area contributed by atoms with E-state index in [1.54, 1.807) is 7.05 Å². The molecule has 1 amide bonds. The summed E-state index contributed by atoms with van der Waals surface area (Å²) in [5.74, 6) is 0.604. The Hall–Kier alpha value is -1.89. The number of carbonyl (C=O) groups excluding carboxylic acids is 1. The molecule has 2 rings (SSSR count). The van der Waals surface area contributed by atoms with Crippen molar-refractivity contribution in [2.45, 2.75) is 32.7 Å². The van der Waals surface area contributed by atoms with Crippen LogP contribution in [-0.4, -0.2) is 25.8 Å². The van der Waals surface area contributed by atoms with Gasteiger partial charge in [0.05, 0.1) is 17.8 Å². The van der Waals surface area contributed by atoms with Gasteiger partial charge in [-0.05, 0) is 0 Å². The predicted molar refractivity (Wildman–Crippen MR) is 72.4 cm³/mol. The summed E-state index contributed by atoms with van der Waals surface area (Å²) in [5, 5.41) is 10.7. The first-order valence-corrected chi connectivity index (χ1v) is 6.45. The lowest BCUT2D eigenvalue weighted by Gasteiger charge is -2.10. The Morgan fingerprint density at radius 3 is 2.70 bits per heavy atom. The lowest BCUT2D eigenvalue weighted by molar-refractivity contribution is 0.0937. The maximum Gasteiger partial charge on any atom is 0.271 e. The third-order valence-electron chi connectivity index (χ3n) is 2.65. The minimum atomic E-state index is -0.342. The Morgan fingerprint density at radius 1 is 1.50 bits per heavy atom. The van der Waals surface area contributed by atoms with Crippen molar-refractivity contribution in [2.75, 3.05) is 0 Å². The van der Waals surface area contributed by atoms with Crippen LogP contribution in [0.4, 0.5) is 0 Å². The summed E-state index contributed by atoms with van der Waals surface area (Å²) in [5.41, 5.74) is 0.0964. The van der Waals surface area contributed by atoms with Crippen molar-refractivity contribution in [3.8, 4) is 0 Å². The van der Waals surface area contributed by atoms with Gasteiger partial charge in [-0.1, -0.05) is 37.5 Å². The normalized spacial score (nSPS) is 11.7. The Morgan fingerprint density at radius 2 is 2.20 bits per heavy atom. The van der Waals surface area contributed by atoms with E-state index >= 15 is 0 Å². The van der Waals surface area contributed by atoms with E-state index in [1.807, 2.05) is 20.8 Å². The number of carbonyl (C=O) groups is 1. The summed E-state index contributed by atoms with van der Waals surface area (Å²) in [4.78, 5) is 16.2. The molecule has 0 aliphatic carbocycles. The Balaban J connectivity index is 2.03. The first-order chi connectivity index (χ1) is 9.29. The van der Waals surface area contributed by atoms with Crippen molar-refractivity contribution in [1.29, 1.82) is 0 Å². The van der Waals surface area contributed by atoms with Crippen molar-refractivity contribution in [3.05, 3.63) is 28.6 Å². The second-order valence-electron chi connectivity index (χ2n) is 5.41. The number of rotatable bonds is 3. The Bertz CT molecular complexity index is 607. The highest BCUT2D eigenvalue weighted by Gasteiger charge is 2.21. The summed E-state index contributed by atoms with van der Waals surface area (Å²) < 4.78 is 6.50. The van der Waals surface area contributed by atoms with E-state index in [0.717, 1.165) is 0 Å². The molecule has 2 aromatic heterocycles. The molecule has 1 N–H and O–H groups in total. The average molecular weight is 298 g/mol. The standard InChI is InChI=1S/C12H16ClN5O2/c1-12(2,3)11-16-8(20-17-11)6-14-10(19)9-7(13)5-15-18(9)4/h5H,6H2,1-4H3,(H,14,19). The molecule has 0 fully saturated rings. The maximum atomic E-state index is 12.0. The molecular weight excluding hydrogens is 282 g/mol. The van der Waals surface area contributed by atoms with Crippen LogP contribution in [0.3, 0.4) is 0 Å². The number of amides is 1. The molecule has 0 saturated heterocycles. The van der Waals surface area contributed by atoms with Crippen LogP contribution in [-0.2, 0) is 19.0 Å². The zero-order chi connectivity index (χ0) is 14.9. The summed E-state index contributed by atoms with van der Waals surface area (Å²) in [6.07, 6.45) is 1.42. The highest BCUT2D eigenvalue weighted by molar-refractivity contribution is 6.33. The summed E-state index contributed by atoms with van der Waals surface area (Å²) in [6, 6.07) is 0. The monoisotopic (exact) mass is 297 g/mol. The van der Waals surface area contributed by atoms with Gasteiger partial charge >= 0.3 is 0 Å². The number of nitrogens with zero attached hydrogens (tertiary/aromatic N) is 4. The first-order valence-electron chi connectivity index (χ1n) is 6.08. The third-order valence-corrected chi connectivity index (χ3v) is 2.92. The average Bonchev–Trinajstić information content (AvgIpc) is 2.93. The van der Waals surface area contributed by atoms with E-state index < -0.39 is 0 Å². The van der Waals surface area contributed by atoms with E-state index in [2.05, 4.69) is 20.6 Å². The second kappa shape index (κ2) is 5.24. The Kier molecular flexibility index (Phi) is 3.80. The largest absolute Gasteiger partial charge is 0.342 e. The van der Waals surface area contributed by atoms with Crippen molar-refractivity contribution >= 4 is 17.5 Å². The molecule has 0 aliphatic rings. The fraction of sp³-hybridized carbons (Fsp3) is 0.500. The molecule has 2 heterocycles. The van der Waals surface area contributed by atoms with Gasteiger partial charge in [-0.25, -0.2) is 0 Å². The molecule has 108 valence electrons. The van der Waals surface area contributed by atoms with Crippen LogP contribution in [0.2, 0.25) is 5.02 Å². The van der Waals surface area contributed by atoms with Gasteiger partial charge in [0.1, 0.15) is 5.69 Å². The number of hydrogen-bond donors (Lipinski definition) is 1. The topological polar surface area (TPSA) is 85.8 Å². The van der Waals surface area contributed by atoms with Gasteiger partial charge in [0, 0.05) is 12.5 Å². The van der Waals surface area contributed by atoms with Gasteiger partial charge in [-0.3, -0.25) is 9.48 Å². The first kappa shape index (κ1) is 14.5. The molecule has 0 aromatic carbocycles. The number of halogens is 1. The van der Waals surface area contributed by atoms with Gasteiger partial charge in [0.15, 0.2) is 5.82 Å². The molecule has 2 aromatic rings. The number of aromatic nitrogens is 4. The second-order valence-corrected chi connectivity index (χ2v) is 5.82. The maximum absolute atomic E-state index is 12.0. The van der Waals surface area contributed by atoms with E-state index in [0.29, 0.717) is 22.4 Å². The summed E-state index contributed by atoms with van der Waals surface area (Å²) in [6.45, 7) is 6.09. The SMILES string of the molecule is Cn1ncc(Cl)c1C(=O)NCc1nc(C(C)(C)C)no1. The van der Waals surface area contributed by atoms with Crippen LogP contribution in [0.1, 0.15) is 43.0 Å². The van der Waals surface area contributed by atoms with Crippen LogP contribution in [0.15, 0.2) is 10.7 Å². The molecule has 0 bridgehead atoms. The molecular formula is C12H16ClN5O2. The molecule has 0 saturated carbocycles. The van der Waals surface area contributed by atoms with Crippen LogP contribution in [0, 0.1) is 0 Å². The minimum Gasteiger partial charge on any atom is -0.342 e. The van der Waals surface area contributed by atoms with Crippen LogP contribution in [0.25, 0.3) is 0 Å². The summed E-state index contributed by atoms with van der Waals surface area (Å²) >= 11 is 5.89. The quantitative estimate of drug-likeness (QED) is 0.931. The lowest BCUT2D eigenvalue weighted by atomic mass is 9.96. The number of hydrogen-bond acceptors (Lipinski definition) is 5. The highest BCUT2D eigenvalue weighted by atomic mass is 35.5. The minimum absolute atomic E-state index is 0.142. The molecule has 20 heavy (non-hydrogen) atoms. The van der Waals surface area contributed by atoms with Crippen molar-refractivity contribution in [1.82, 2.24) is 25.2 Å². The molecule has 0 spiro atoms. The molecule has 0 unspecified atom stereocenters. The Labute approximate surface area is 121 Å². The predicted octanol–water partition coefficient (Wildman–Crippen LogP) is 1.68. The molecule has 7 nitrogen and oxygen atoms in total. The lowest BCUT2D eigenvalue weighted by Crippen LogP contribution is -2.25. The van der Waals surface area contributed by atoms with Gasteiger partial charge in [0.2, 0.25) is 5.89 Å². The van der Waals surface area contributed by atoms with E-state index in [-0.39, 0.29) is 17.9 Å². The van der Waals surface area contributed by atoms with Gasteiger partial charge in [-0.15, -0.1) is 0 Å². The van der Waals surface area contributed by atoms with Gasteiger partial charge in [-0.2, -0.15) is 10.1 Å². The van der Waals surface area contributed by atoms with E-state index in [9.17, 15) is 4.79 Å². The smallest absolute Gasteiger partial charge is 0.271 e. The highest BCUT2D eigenvalue weighted by Crippen LogP contribution is 2.18. The van der Waals surface area contributed by atoms with Crippen LogP contribution >= 0.6 is 11.6 Å².